The SMILES string of the molecule is Cc1cccc2nc(-c3ccc(-c4ccccc4-c4ccccc4-c4ccc(-n5c6ccccc6c6ccccc65)cc4)cc3)oc12. The highest BCUT2D eigenvalue weighted by Crippen LogP contribution is 2.39. The first-order chi connectivity index (χ1) is 23.2. The molecule has 0 saturated heterocycles. The fourth-order valence-electron chi connectivity index (χ4n) is 6.93. The van der Waals surface area contributed by atoms with E-state index in [2.05, 4.69) is 163 Å². The Hall–Kier alpha value is -6.19. The summed E-state index contributed by atoms with van der Waals surface area (Å²) in [6.07, 6.45) is 0. The van der Waals surface area contributed by atoms with E-state index in [4.69, 9.17) is 9.40 Å². The Morgan fingerprint density at radius 2 is 0.936 bits per heavy atom. The standard InChI is InChI=1S/C44H30N2O/c1-29-11-10-18-40-43(29)47-44(45-40)32-23-21-30(22-24-32)34-12-2-4-14-36(34)37-15-5-3-13-35(37)31-25-27-33(28-26-31)46-41-19-8-6-16-38(41)39-17-7-9-20-42(39)46/h2-28H,1H3. The van der Waals surface area contributed by atoms with Crippen LogP contribution in [0.5, 0.6) is 0 Å². The highest BCUT2D eigenvalue weighted by Gasteiger charge is 2.15. The van der Waals surface area contributed by atoms with Gasteiger partial charge in [0.05, 0.1) is 11.0 Å². The largest absolute Gasteiger partial charge is 0.436 e. The Labute approximate surface area is 273 Å². The van der Waals surface area contributed by atoms with E-state index >= 15 is 0 Å². The van der Waals surface area contributed by atoms with Crippen molar-refractivity contribution in [2.75, 3.05) is 0 Å². The highest BCUT2D eigenvalue weighted by molar-refractivity contribution is 6.09. The molecule has 3 nitrogen and oxygen atoms in total. The molecule has 2 aromatic heterocycles. The average molecular weight is 603 g/mol. The van der Waals surface area contributed by atoms with Gasteiger partial charge in [-0.25, -0.2) is 4.98 Å². The van der Waals surface area contributed by atoms with Gasteiger partial charge in [-0.15, -0.1) is 0 Å². The Bertz CT molecular complexity index is 2520. The van der Waals surface area contributed by atoms with E-state index in [1.807, 2.05) is 12.1 Å². The number of para-hydroxylation sites is 3. The van der Waals surface area contributed by atoms with Crippen LogP contribution >= 0.6 is 0 Å². The molecule has 0 bridgehead atoms. The highest BCUT2D eigenvalue weighted by atomic mass is 16.3. The van der Waals surface area contributed by atoms with Crippen LogP contribution < -0.4 is 0 Å². The summed E-state index contributed by atoms with van der Waals surface area (Å²) in [7, 11) is 0. The molecule has 0 saturated carbocycles. The molecule has 0 unspecified atom stereocenters. The van der Waals surface area contributed by atoms with Crippen LogP contribution in [0.4, 0.5) is 0 Å². The first-order valence-corrected chi connectivity index (χ1v) is 16.0. The van der Waals surface area contributed by atoms with Crippen molar-refractivity contribution in [3.63, 3.8) is 0 Å². The minimum absolute atomic E-state index is 0.642. The topological polar surface area (TPSA) is 31.0 Å². The predicted octanol–water partition coefficient (Wildman–Crippen LogP) is 11.9. The van der Waals surface area contributed by atoms with E-state index in [9.17, 15) is 0 Å². The van der Waals surface area contributed by atoms with Gasteiger partial charge < -0.3 is 8.98 Å². The summed E-state index contributed by atoms with van der Waals surface area (Å²) in [5.74, 6) is 0.642. The summed E-state index contributed by atoms with van der Waals surface area (Å²) in [4.78, 5) is 4.74. The zero-order valence-corrected chi connectivity index (χ0v) is 25.9. The van der Waals surface area contributed by atoms with Crippen molar-refractivity contribution < 1.29 is 4.42 Å². The predicted molar refractivity (Wildman–Crippen MR) is 195 cm³/mol. The van der Waals surface area contributed by atoms with Crippen molar-refractivity contribution in [2.45, 2.75) is 6.92 Å². The molecule has 0 aliphatic carbocycles. The van der Waals surface area contributed by atoms with Crippen molar-refractivity contribution >= 4 is 32.9 Å². The van der Waals surface area contributed by atoms with Crippen molar-refractivity contribution in [3.05, 3.63) is 169 Å². The zero-order chi connectivity index (χ0) is 31.3. The maximum atomic E-state index is 6.15. The van der Waals surface area contributed by atoms with Gasteiger partial charge in [-0.3, -0.25) is 0 Å². The summed E-state index contributed by atoms with van der Waals surface area (Å²) in [6.45, 7) is 2.05. The van der Waals surface area contributed by atoms with Gasteiger partial charge in [0.2, 0.25) is 5.89 Å². The molecule has 2 heterocycles. The quantitative estimate of drug-likeness (QED) is 0.196. The lowest BCUT2D eigenvalue weighted by molar-refractivity contribution is 0.617. The number of rotatable bonds is 5. The molecule has 222 valence electrons. The second-order valence-corrected chi connectivity index (χ2v) is 12.0. The molecule has 47 heavy (non-hydrogen) atoms. The van der Waals surface area contributed by atoms with Gasteiger partial charge >= 0.3 is 0 Å². The van der Waals surface area contributed by atoms with Crippen molar-refractivity contribution in [1.82, 2.24) is 9.55 Å². The molecule has 0 spiro atoms. The Kier molecular flexibility index (Phi) is 6.36. The van der Waals surface area contributed by atoms with Gasteiger partial charge in [-0.2, -0.15) is 0 Å². The van der Waals surface area contributed by atoms with Crippen LogP contribution in [0.1, 0.15) is 5.56 Å². The molecule has 0 atom stereocenters. The molecule has 0 N–H and O–H groups in total. The summed E-state index contributed by atoms with van der Waals surface area (Å²) in [6, 6.07) is 58.2. The summed E-state index contributed by atoms with van der Waals surface area (Å²) >= 11 is 0. The summed E-state index contributed by atoms with van der Waals surface area (Å²) in [5.41, 5.74) is 14.5. The molecule has 3 heteroatoms. The van der Waals surface area contributed by atoms with Crippen molar-refractivity contribution in [3.8, 4) is 50.5 Å². The molecule has 0 aliphatic heterocycles. The molecular formula is C44H30N2O. The lowest BCUT2D eigenvalue weighted by Gasteiger charge is -2.15. The van der Waals surface area contributed by atoms with Gasteiger partial charge in [-0.05, 0) is 88.3 Å². The van der Waals surface area contributed by atoms with Crippen LogP contribution in [-0.2, 0) is 0 Å². The number of aryl methyl sites for hydroxylation is 1. The van der Waals surface area contributed by atoms with Gasteiger partial charge in [0.1, 0.15) is 5.52 Å². The fourth-order valence-corrected chi connectivity index (χ4v) is 6.93. The maximum absolute atomic E-state index is 6.15. The maximum Gasteiger partial charge on any atom is 0.227 e. The van der Waals surface area contributed by atoms with Crippen LogP contribution in [-0.4, -0.2) is 9.55 Å². The Morgan fingerprint density at radius 1 is 0.447 bits per heavy atom. The normalized spacial score (nSPS) is 11.5. The van der Waals surface area contributed by atoms with Gasteiger partial charge in [-0.1, -0.05) is 121 Å². The lowest BCUT2D eigenvalue weighted by atomic mass is 9.89. The van der Waals surface area contributed by atoms with E-state index in [0.29, 0.717) is 5.89 Å². The van der Waals surface area contributed by atoms with E-state index < -0.39 is 0 Å². The van der Waals surface area contributed by atoms with Crippen LogP contribution in [0.2, 0.25) is 0 Å². The number of aromatic nitrogens is 2. The number of nitrogens with zero attached hydrogens (tertiary/aromatic N) is 2. The molecule has 0 amide bonds. The second kappa shape index (κ2) is 11.0. The van der Waals surface area contributed by atoms with Crippen LogP contribution in [0, 0.1) is 6.92 Å². The third-order valence-corrected chi connectivity index (χ3v) is 9.22. The van der Waals surface area contributed by atoms with E-state index in [1.54, 1.807) is 0 Å². The molecule has 0 fully saturated rings. The van der Waals surface area contributed by atoms with E-state index in [-0.39, 0.29) is 0 Å². The Balaban J connectivity index is 1.09. The summed E-state index contributed by atoms with van der Waals surface area (Å²) in [5, 5.41) is 2.54. The van der Waals surface area contributed by atoms with Gasteiger partial charge in [0.25, 0.3) is 0 Å². The number of hydrogen-bond donors (Lipinski definition) is 0. The molecule has 7 aromatic carbocycles. The second-order valence-electron chi connectivity index (χ2n) is 12.0. The van der Waals surface area contributed by atoms with Crippen LogP contribution in [0.25, 0.3) is 83.4 Å². The van der Waals surface area contributed by atoms with Gasteiger partial charge in [0.15, 0.2) is 5.58 Å². The first-order valence-electron chi connectivity index (χ1n) is 16.0. The Morgan fingerprint density at radius 3 is 1.51 bits per heavy atom. The molecule has 9 aromatic rings. The monoisotopic (exact) mass is 602 g/mol. The first kappa shape index (κ1) is 27.1. The number of hydrogen-bond acceptors (Lipinski definition) is 2. The third kappa shape index (κ3) is 4.55. The number of oxazole rings is 1. The van der Waals surface area contributed by atoms with Crippen molar-refractivity contribution in [1.29, 1.82) is 0 Å². The molecule has 0 radical (unpaired) electrons. The van der Waals surface area contributed by atoms with Crippen LogP contribution in [0.3, 0.4) is 0 Å². The van der Waals surface area contributed by atoms with E-state index in [1.165, 1.54) is 49.6 Å². The van der Waals surface area contributed by atoms with E-state index in [0.717, 1.165) is 33.5 Å². The molecule has 0 aliphatic rings. The minimum atomic E-state index is 0.642. The molecule has 9 rings (SSSR count). The number of benzene rings is 7. The zero-order valence-electron chi connectivity index (χ0n) is 25.9. The van der Waals surface area contributed by atoms with Gasteiger partial charge in [0, 0.05) is 22.0 Å². The lowest BCUT2D eigenvalue weighted by Crippen LogP contribution is -1.94. The number of fused-ring (bicyclic) bond motifs is 4. The summed E-state index contributed by atoms with van der Waals surface area (Å²) < 4.78 is 8.51. The average Bonchev–Trinajstić information content (AvgIpc) is 3.73. The van der Waals surface area contributed by atoms with Crippen LogP contribution in [0.15, 0.2) is 168 Å². The molecular weight excluding hydrogens is 572 g/mol. The van der Waals surface area contributed by atoms with Crippen molar-refractivity contribution in [2.24, 2.45) is 0 Å². The fraction of sp³-hybridized carbons (Fsp3) is 0.0227. The third-order valence-electron chi connectivity index (χ3n) is 9.22. The minimum Gasteiger partial charge on any atom is -0.436 e. The smallest absolute Gasteiger partial charge is 0.227 e.